The number of carbonyl (C=O) groups is 1. The summed E-state index contributed by atoms with van der Waals surface area (Å²) in [5.41, 5.74) is 1.90. The van der Waals surface area contributed by atoms with Crippen molar-refractivity contribution in [1.82, 2.24) is 4.98 Å². The van der Waals surface area contributed by atoms with Crippen LogP contribution in [0.3, 0.4) is 0 Å². The molecule has 0 atom stereocenters. The van der Waals surface area contributed by atoms with Gasteiger partial charge in [-0.2, -0.15) is 0 Å². The van der Waals surface area contributed by atoms with Gasteiger partial charge < -0.3 is 24.3 Å². The minimum atomic E-state index is -0.228. The van der Waals surface area contributed by atoms with Gasteiger partial charge in [0.05, 0.1) is 26.8 Å². The second kappa shape index (κ2) is 9.84. The van der Waals surface area contributed by atoms with E-state index in [0.717, 1.165) is 21.7 Å². The molecule has 5 aromatic rings. The Balaban J connectivity index is 1.52. The van der Waals surface area contributed by atoms with Crippen LogP contribution in [0.1, 0.15) is 10.4 Å². The highest BCUT2D eigenvalue weighted by molar-refractivity contribution is 6.10. The molecule has 4 aromatic carbocycles. The SMILES string of the molecule is COc1cccc(C(=O)Nc2ccc(Oc3ccnc4cc(OC)c(OC)cc34)c3ccccc23)c1. The molecule has 0 saturated heterocycles. The van der Waals surface area contributed by atoms with Crippen LogP contribution in [0.2, 0.25) is 0 Å². The molecule has 0 fully saturated rings. The highest BCUT2D eigenvalue weighted by Crippen LogP contribution is 2.39. The van der Waals surface area contributed by atoms with Crippen LogP contribution in [0.4, 0.5) is 5.69 Å². The molecule has 0 aliphatic carbocycles. The van der Waals surface area contributed by atoms with Gasteiger partial charge in [-0.1, -0.05) is 30.3 Å². The normalized spacial score (nSPS) is 10.8. The average molecular weight is 481 g/mol. The van der Waals surface area contributed by atoms with Gasteiger partial charge >= 0.3 is 0 Å². The maximum absolute atomic E-state index is 12.9. The number of benzene rings is 4. The zero-order valence-corrected chi connectivity index (χ0v) is 20.1. The number of hydrogen-bond donors (Lipinski definition) is 1. The number of hydrogen-bond acceptors (Lipinski definition) is 6. The fourth-order valence-corrected chi connectivity index (χ4v) is 4.08. The Morgan fingerprint density at radius 3 is 2.22 bits per heavy atom. The van der Waals surface area contributed by atoms with Crippen LogP contribution in [-0.4, -0.2) is 32.2 Å². The van der Waals surface area contributed by atoms with Gasteiger partial charge in [-0.25, -0.2) is 0 Å². The smallest absolute Gasteiger partial charge is 0.255 e. The average Bonchev–Trinajstić information content (AvgIpc) is 2.93. The topological polar surface area (TPSA) is 78.9 Å². The van der Waals surface area contributed by atoms with Crippen molar-refractivity contribution in [1.29, 1.82) is 0 Å². The number of amides is 1. The molecular formula is C29H24N2O5. The Bertz CT molecular complexity index is 1580. The van der Waals surface area contributed by atoms with E-state index in [0.29, 0.717) is 40.0 Å². The third kappa shape index (κ3) is 4.34. The number of carbonyl (C=O) groups excluding carboxylic acids is 1. The van der Waals surface area contributed by atoms with Gasteiger partial charge in [-0.05, 0) is 42.5 Å². The molecule has 0 saturated carbocycles. The molecule has 0 aliphatic heterocycles. The standard InChI is InChI=1S/C29H24N2O5/c1-33-19-8-6-7-18(15-19)29(32)31-23-11-12-25(21-10-5-4-9-20(21)23)36-26-13-14-30-24-17-28(35-3)27(34-2)16-22(24)26/h4-17H,1-3H3,(H,31,32). The second-order valence-electron chi connectivity index (χ2n) is 7.98. The first-order valence-corrected chi connectivity index (χ1v) is 11.3. The number of fused-ring (bicyclic) bond motifs is 2. The molecule has 0 bridgehead atoms. The van der Waals surface area contributed by atoms with E-state index in [1.807, 2.05) is 54.6 Å². The van der Waals surface area contributed by atoms with Gasteiger partial charge in [0.2, 0.25) is 0 Å². The van der Waals surface area contributed by atoms with Crippen molar-refractivity contribution in [3.05, 3.63) is 90.6 Å². The van der Waals surface area contributed by atoms with Crippen molar-refractivity contribution in [2.45, 2.75) is 0 Å². The van der Waals surface area contributed by atoms with Crippen molar-refractivity contribution >= 4 is 33.3 Å². The van der Waals surface area contributed by atoms with Crippen LogP contribution in [-0.2, 0) is 0 Å². The Morgan fingerprint density at radius 1 is 0.694 bits per heavy atom. The summed E-state index contributed by atoms with van der Waals surface area (Å²) in [4.78, 5) is 17.4. The Hall–Kier alpha value is -4.78. The fraction of sp³-hybridized carbons (Fsp3) is 0.103. The maximum atomic E-state index is 12.9. The van der Waals surface area contributed by atoms with Gasteiger partial charge in [-0.3, -0.25) is 9.78 Å². The number of aromatic nitrogens is 1. The summed E-state index contributed by atoms with van der Waals surface area (Å²) in [5, 5.41) is 5.50. The highest BCUT2D eigenvalue weighted by Gasteiger charge is 2.15. The minimum Gasteiger partial charge on any atom is -0.497 e. The number of pyridine rings is 1. The van der Waals surface area contributed by atoms with E-state index in [1.54, 1.807) is 51.8 Å². The first-order valence-electron chi connectivity index (χ1n) is 11.3. The Morgan fingerprint density at radius 2 is 1.44 bits per heavy atom. The number of nitrogens with one attached hydrogen (secondary N) is 1. The monoisotopic (exact) mass is 480 g/mol. The van der Waals surface area contributed by atoms with E-state index in [4.69, 9.17) is 18.9 Å². The fourth-order valence-electron chi connectivity index (χ4n) is 4.08. The van der Waals surface area contributed by atoms with Crippen molar-refractivity contribution < 1.29 is 23.7 Å². The van der Waals surface area contributed by atoms with E-state index in [-0.39, 0.29) is 5.91 Å². The number of rotatable bonds is 7. The van der Waals surface area contributed by atoms with Crippen LogP contribution in [0.5, 0.6) is 28.7 Å². The van der Waals surface area contributed by atoms with Crippen molar-refractivity contribution in [3.8, 4) is 28.7 Å². The molecule has 36 heavy (non-hydrogen) atoms. The van der Waals surface area contributed by atoms with E-state index in [1.165, 1.54) is 0 Å². The minimum absolute atomic E-state index is 0.228. The predicted octanol–water partition coefficient (Wildman–Crippen LogP) is 6.46. The van der Waals surface area contributed by atoms with Gasteiger partial charge in [0.15, 0.2) is 11.5 Å². The summed E-state index contributed by atoms with van der Waals surface area (Å²) in [6, 6.07) is 23.9. The van der Waals surface area contributed by atoms with E-state index in [9.17, 15) is 4.79 Å². The summed E-state index contributed by atoms with van der Waals surface area (Å²) < 4.78 is 22.5. The van der Waals surface area contributed by atoms with Crippen molar-refractivity contribution in [3.63, 3.8) is 0 Å². The molecule has 1 N–H and O–H groups in total. The zero-order valence-electron chi connectivity index (χ0n) is 20.1. The summed E-state index contributed by atoms with van der Waals surface area (Å²) in [7, 11) is 4.75. The quantitative estimate of drug-likeness (QED) is 0.288. The first kappa shape index (κ1) is 23.0. The summed E-state index contributed by atoms with van der Waals surface area (Å²) in [6.07, 6.45) is 1.69. The largest absolute Gasteiger partial charge is 0.497 e. The second-order valence-corrected chi connectivity index (χ2v) is 7.98. The van der Waals surface area contributed by atoms with Gasteiger partial charge in [0, 0.05) is 39.7 Å². The van der Waals surface area contributed by atoms with Crippen LogP contribution in [0.25, 0.3) is 21.7 Å². The predicted molar refractivity (Wildman–Crippen MR) is 140 cm³/mol. The lowest BCUT2D eigenvalue weighted by atomic mass is 10.1. The number of ether oxygens (including phenoxy) is 4. The Labute approximate surface area is 208 Å². The number of methoxy groups -OCH3 is 3. The number of anilines is 1. The lowest BCUT2D eigenvalue weighted by Gasteiger charge is -2.15. The lowest BCUT2D eigenvalue weighted by molar-refractivity contribution is 0.102. The van der Waals surface area contributed by atoms with E-state index < -0.39 is 0 Å². The molecule has 7 nitrogen and oxygen atoms in total. The summed E-state index contributed by atoms with van der Waals surface area (Å²) in [6.45, 7) is 0. The zero-order chi connectivity index (χ0) is 25.1. The molecule has 1 amide bonds. The van der Waals surface area contributed by atoms with E-state index in [2.05, 4.69) is 10.3 Å². The van der Waals surface area contributed by atoms with E-state index >= 15 is 0 Å². The Kier molecular flexibility index (Phi) is 6.28. The molecule has 1 aromatic heterocycles. The first-order chi connectivity index (χ1) is 17.6. The van der Waals surface area contributed by atoms with Gasteiger partial charge in [-0.15, -0.1) is 0 Å². The van der Waals surface area contributed by atoms with Gasteiger partial charge in [0.25, 0.3) is 5.91 Å². The molecular weight excluding hydrogens is 456 g/mol. The van der Waals surface area contributed by atoms with Crippen molar-refractivity contribution in [2.24, 2.45) is 0 Å². The number of nitrogens with zero attached hydrogens (tertiary/aromatic N) is 1. The molecule has 180 valence electrons. The molecule has 5 rings (SSSR count). The van der Waals surface area contributed by atoms with Crippen LogP contribution in [0, 0.1) is 0 Å². The highest BCUT2D eigenvalue weighted by atomic mass is 16.5. The third-order valence-corrected chi connectivity index (χ3v) is 5.89. The summed E-state index contributed by atoms with van der Waals surface area (Å²) >= 11 is 0. The van der Waals surface area contributed by atoms with Crippen LogP contribution >= 0.6 is 0 Å². The third-order valence-electron chi connectivity index (χ3n) is 5.89. The van der Waals surface area contributed by atoms with Crippen LogP contribution in [0.15, 0.2) is 85.1 Å². The molecule has 0 unspecified atom stereocenters. The molecule has 0 spiro atoms. The van der Waals surface area contributed by atoms with Gasteiger partial charge in [0.1, 0.15) is 17.2 Å². The molecule has 0 aliphatic rings. The van der Waals surface area contributed by atoms with Crippen molar-refractivity contribution in [2.75, 3.05) is 26.6 Å². The molecule has 0 radical (unpaired) electrons. The lowest BCUT2D eigenvalue weighted by Crippen LogP contribution is -2.12. The summed E-state index contributed by atoms with van der Waals surface area (Å²) in [5.74, 6) is 2.84. The van der Waals surface area contributed by atoms with Crippen LogP contribution < -0.4 is 24.3 Å². The maximum Gasteiger partial charge on any atom is 0.255 e. The molecule has 1 heterocycles. The molecule has 7 heteroatoms.